The van der Waals surface area contributed by atoms with Crippen molar-refractivity contribution in [3.8, 4) is 0 Å². The van der Waals surface area contributed by atoms with E-state index in [9.17, 15) is 4.79 Å². The van der Waals surface area contributed by atoms with E-state index in [2.05, 4.69) is 39.8 Å². The second-order valence-corrected chi connectivity index (χ2v) is 6.96. The summed E-state index contributed by atoms with van der Waals surface area (Å²) < 4.78 is 10.3. The van der Waals surface area contributed by atoms with Gasteiger partial charge in [0, 0.05) is 38.6 Å². The zero-order chi connectivity index (χ0) is 16.5. The molecule has 7 heteroatoms. The molecule has 0 N–H and O–H groups in total. The van der Waals surface area contributed by atoms with E-state index >= 15 is 0 Å². The third-order valence-corrected chi connectivity index (χ3v) is 5.52. The van der Waals surface area contributed by atoms with Crippen LogP contribution in [0.15, 0.2) is 40.9 Å². The van der Waals surface area contributed by atoms with Crippen LogP contribution in [-0.4, -0.2) is 45.3 Å². The molecule has 4 rings (SSSR count). The van der Waals surface area contributed by atoms with Gasteiger partial charge in [-0.15, -0.1) is 11.3 Å². The topological polar surface area (TPSA) is 52.3 Å². The minimum absolute atomic E-state index is 0.0543. The Bertz CT molecular complexity index is 897. The first kappa shape index (κ1) is 15.6. The van der Waals surface area contributed by atoms with Gasteiger partial charge in [0.25, 0.3) is 5.56 Å². The normalized spacial score (nSPS) is 19.1. The van der Waals surface area contributed by atoms with Gasteiger partial charge in [0.05, 0.1) is 31.1 Å². The molecule has 0 saturated carbocycles. The van der Waals surface area contributed by atoms with Crippen LogP contribution in [-0.2, 0) is 18.3 Å². The van der Waals surface area contributed by atoms with Crippen LogP contribution in [0.4, 0.5) is 0 Å². The number of fused-ring (bicyclic) bond motifs is 1. The molecule has 24 heavy (non-hydrogen) atoms. The molecule has 0 aliphatic carbocycles. The van der Waals surface area contributed by atoms with Crippen molar-refractivity contribution in [2.75, 3.05) is 26.3 Å². The lowest BCUT2D eigenvalue weighted by Gasteiger charge is -2.35. The van der Waals surface area contributed by atoms with Crippen LogP contribution in [0.25, 0.3) is 10.2 Å². The molecule has 0 radical (unpaired) electrons. The number of ether oxygens (including phenoxy) is 1. The standard InChI is InChI=1S/C17H20N4O2S/c1-19-5-2-3-14(19)15-11-23-9-8-20(15)6-7-21-12-18-13-4-10-24-16(13)17(21)22/h2-5,10,12,15H,6-9,11H2,1H3/t15-/m1/s1. The molecule has 3 aromatic rings. The zero-order valence-corrected chi connectivity index (χ0v) is 14.4. The van der Waals surface area contributed by atoms with Crippen molar-refractivity contribution in [2.24, 2.45) is 7.05 Å². The van der Waals surface area contributed by atoms with Gasteiger partial charge >= 0.3 is 0 Å². The highest BCUT2D eigenvalue weighted by atomic mass is 32.1. The minimum atomic E-state index is 0.0543. The van der Waals surface area contributed by atoms with E-state index in [0.717, 1.165) is 29.9 Å². The van der Waals surface area contributed by atoms with Gasteiger partial charge in [-0.2, -0.15) is 0 Å². The van der Waals surface area contributed by atoms with E-state index in [4.69, 9.17) is 4.74 Å². The van der Waals surface area contributed by atoms with Crippen LogP contribution in [0, 0.1) is 0 Å². The monoisotopic (exact) mass is 344 g/mol. The molecule has 1 fully saturated rings. The number of hydrogen-bond acceptors (Lipinski definition) is 5. The lowest BCUT2D eigenvalue weighted by molar-refractivity contribution is -0.0124. The Hall–Kier alpha value is -1.96. The van der Waals surface area contributed by atoms with E-state index < -0.39 is 0 Å². The molecule has 3 aromatic heterocycles. The van der Waals surface area contributed by atoms with E-state index in [0.29, 0.717) is 13.2 Å². The largest absolute Gasteiger partial charge is 0.378 e. The quantitative estimate of drug-likeness (QED) is 0.725. The lowest BCUT2D eigenvalue weighted by atomic mass is 10.1. The van der Waals surface area contributed by atoms with E-state index in [1.807, 2.05) is 11.4 Å². The van der Waals surface area contributed by atoms with Crippen LogP contribution < -0.4 is 5.56 Å². The van der Waals surface area contributed by atoms with Crippen molar-refractivity contribution in [1.29, 1.82) is 0 Å². The Labute approximate surface area is 143 Å². The summed E-state index contributed by atoms with van der Waals surface area (Å²) in [5.74, 6) is 0. The fraction of sp³-hybridized carbons (Fsp3) is 0.412. The van der Waals surface area contributed by atoms with E-state index in [1.54, 1.807) is 10.9 Å². The maximum atomic E-state index is 12.5. The van der Waals surface area contributed by atoms with E-state index in [-0.39, 0.29) is 11.6 Å². The first-order valence-corrected chi connectivity index (χ1v) is 8.97. The van der Waals surface area contributed by atoms with Crippen LogP contribution in [0.3, 0.4) is 0 Å². The second kappa shape index (κ2) is 6.51. The average molecular weight is 344 g/mol. The van der Waals surface area contributed by atoms with Crippen LogP contribution in [0.1, 0.15) is 11.7 Å². The third-order valence-electron chi connectivity index (χ3n) is 4.63. The van der Waals surface area contributed by atoms with Crippen LogP contribution in [0.5, 0.6) is 0 Å². The molecule has 1 atom stereocenters. The number of morpholine rings is 1. The first-order valence-electron chi connectivity index (χ1n) is 8.10. The summed E-state index contributed by atoms with van der Waals surface area (Å²) in [7, 11) is 2.06. The Morgan fingerprint density at radius 1 is 1.38 bits per heavy atom. The molecule has 0 amide bonds. The molecule has 1 saturated heterocycles. The van der Waals surface area contributed by atoms with Gasteiger partial charge in [-0.25, -0.2) is 4.98 Å². The average Bonchev–Trinajstić information content (AvgIpc) is 3.24. The number of aryl methyl sites for hydroxylation is 1. The Morgan fingerprint density at radius 3 is 3.12 bits per heavy atom. The summed E-state index contributed by atoms with van der Waals surface area (Å²) in [6, 6.07) is 6.31. The molecule has 1 aliphatic rings. The number of hydrogen-bond donors (Lipinski definition) is 0. The second-order valence-electron chi connectivity index (χ2n) is 6.05. The molecule has 0 unspecified atom stereocenters. The Kier molecular flexibility index (Phi) is 4.22. The summed E-state index contributed by atoms with van der Waals surface area (Å²) in [4.78, 5) is 19.3. The van der Waals surface area contributed by atoms with Crippen molar-refractivity contribution in [2.45, 2.75) is 12.6 Å². The summed E-state index contributed by atoms with van der Waals surface area (Å²) in [5.41, 5.74) is 2.09. The van der Waals surface area contributed by atoms with Crippen LogP contribution in [0.2, 0.25) is 0 Å². The molecule has 0 bridgehead atoms. The molecule has 126 valence electrons. The lowest BCUT2D eigenvalue weighted by Crippen LogP contribution is -2.42. The Balaban J connectivity index is 1.53. The van der Waals surface area contributed by atoms with Gasteiger partial charge in [-0.05, 0) is 23.6 Å². The number of aromatic nitrogens is 3. The maximum Gasteiger partial charge on any atom is 0.271 e. The van der Waals surface area contributed by atoms with Crippen molar-refractivity contribution in [3.63, 3.8) is 0 Å². The number of nitrogens with zero attached hydrogens (tertiary/aromatic N) is 4. The molecular formula is C17H20N4O2S. The maximum absolute atomic E-state index is 12.5. The predicted octanol–water partition coefficient (Wildman–Crippen LogP) is 1.87. The highest BCUT2D eigenvalue weighted by Gasteiger charge is 2.26. The van der Waals surface area contributed by atoms with Crippen molar-refractivity contribution in [3.05, 3.63) is 52.2 Å². The van der Waals surface area contributed by atoms with Gasteiger partial charge in [0.2, 0.25) is 0 Å². The number of rotatable bonds is 4. The van der Waals surface area contributed by atoms with Gasteiger partial charge in [-0.3, -0.25) is 14.3 Å². The molecule has 1 aliphatic heterocycles. The SMILES string of the molecule is Cn1cccc1[C@H]1COCCN1CCn1cnc2ccsc2c1=O. The van der Waals surface area contributed by atoms with Crippen LogP contribution >= 0.6 is 11.3 Å². The molecular weight excluding hydrogens is 324 g/mol. The minimum Gasteiger partial charge on any atom is -0.378 e. The summed E-state index contributed by atoms with van der Waals surface area (Å²) in [5, 5.41) is 1.91. The Morgan fingerprint density at radius 2 is 2.29 bits per heavy atom. The number of thiophene rings is 1. The van der Waals surface area contributed by atoms with Crippen molar-refractivity contribution >= 4 is 21.6 Å². The molecule has 0 spiro atoms. The van der Waals surface area contributed by atoms with Gasteiger partial charge in [0.1, 0.15) is 4.70 Å². The summed E-state index contributed by atoms with van der Waals surface area (Å²) in [6.07, 6.45) is 3.72. The first-order chi connectivity index (χ1) is 11.7. The van der Waals surface area contributed by atoms with Crippen molar-refractivity contribution < 1.29 is 4.74 Å². The highest BCUT2D eigenvalue weighted by Crippen LogP contribution is 2.24. The van der Waals surface area contributed by atoms with E-state index in [1.165, 1.54) is 17.0 Å². The third kappa shape index (κ3) is 2.79. The fourth-order valence-electron chi connectivity index (χ4n) is 3.27. The highest BCUT2D eigenvalue weighted by molar-refractivity contribution is 7.17. The predicted molar refractivity (Wildman–Crippen MR) is 94.4 cm³/mol. The summed E-state index contributed by atoms with van der Waals surface area (Å²) in [6.45, 7) is 3.74. The zero-order valence-electron chi connectivity index (χ0n) is 13.6. The molecule has 4 heterocycles. The molecule has 6 nitrogen and oxygen atoms in total. The molecule has 0 aromatic carbocycles. The van der Waals surface area contributed by atoms with Crippen molar-refractivity contribution in [1.82, 2.24) is 19.0 Å². The smallest absolute Gasteiger partial charge is 0.271 e. The summed E-state index contributed by atoms with van der Waals surface area (Å²) >= 11 is 1.46. The van der Waals surface area contributed by atoms with Gasteiger partial charge in [0.15, 0.2) is 0 Å². The van der Waals surface area contributed by atoms with Gasteiger partial charge < -0.3 is 9.30 Å². The fourth-order valence-corrected chi connectivity index (χ4v) is 4.07. The van der Waals surface area contributed by atoms with Gasteiger partial charge in [-0.1, -0.05) is 0 Å².